The normalized spacial score (nSPS) is 31.5. The number of rotatable bonds is 3. The lowest BCUT2D eigenvalue weighted by Crippen LogP contribution is -2.52. The van der Waals surface area contributed by atoms with Gasteiger partial charge in [-0.2, -0.15) is 0 Å². The highest BCUT2D eigenvalue weighted by Crippen LogP contribution is 2.48. The average molecular weight is 328 g/mol. The van der Waals surface area contributed by atoms with Crippen molar-refractivity contribution in [2.75, 3.05) is 31.1 Å². The zero-order valence-electron chi connectivity index (χ0n) is 13.3. The first-order chi connectivity index (χ1) is 11.6. The van der Waals surface area contributed by atoms with Crippen LogP contribution < -0.4 is 4.90 Å². The number of hydrogen-bond donors (Lipinski definition) is 1. The van der Waals surface area contributed by atoms with Crippen LogP contribution in [0.5, 0.6) is 0 Å². The average Bonchev–Trinajstić information content (AvgIpc) is 3.23. The van der Waals surface area contributed by atoms with E-state index in [-0.39, 0.29) is 17.7 Å². The van der Waals surface area contributed by atoms with Crippen LogP contribution in [0.4, 0.5) is 5.95 Å². The molecule has 1 amide bonds. The molecule has 2 heterocycles. The SMILES string of the molecule is O=C(O)[C@@H]1[C@H](C(=O)N2CCN(c3ncccn3)CC2)[C@H]2C=C[C@H]1C2. The number of carbonyl (C=O) groups excluding carboxylic acids is 1. The maximum absolute atomic E-state index is 12.9. The molecule has 1 aromatic rings. The molecule has 7 nitrogen and oxygen atoms in total. The van der Waals surface area contributed by atoms with Crippen molar-refractivity contribution in [1.29, 1.82) is 0 Å². The molecule has 1 N–H and O–H groups in total. The molecule has 2 aliphatic carbocycles. The van der Waals surface area contributed by atoms with Gasteiger partial charge in [0.15, 0.2) is 0 Å². The van der Waals surface area contributed by atoms with Gasteiger partial charge in [0.1, 0.15) is 0 Å². The fraction of sp³-hybridized carbons (Fsp3) is 0.529. The number of hydrogen-bond acceptors (Lipinski definition) is 5. The van der Waals surface area contributed by atoms with Gasteiger partial charge in [0.05, 0.1) is 11.8 Å². The number of amides is 1. The lowest BCUT2D eigenvalue weighted by Gasteiger charge is -2.37. The highest BCUT2D eigenvalue weighted by Gasteiger charge is 2.52. The van der Waals surface area contributed by atoms with E-state index in [0.29, 0.717) is 32.1 Å². The van der Waals surface area contributed by atoms with Crippen molar-refractivity contribution >= 4 is 17.8 Å². The predicted molar refractivity (Wildman–Crippen MR) is 86.2 cm³/mol. The second kappa shape index (κ2) is 5.89. The maximum Gasteiger partial charge on any atom is 0.307 e. The molecule has 0 unspecified atom stereocenters. The highest BCUT2D eigenvalue weighted by molar-refractivity contribution is 5.87. The molecule has 4 rings (SSSR count). The van der Waals surface area contributed by atoms with Crippen molar-refractivity contribution < 1.29 is 14.7 Å². The number of carbonyl (C=O) groups is 2. The summed E-state index contributed by atoms with van der Waals surface area (Å²) >= 11 is 0. The summed E-state index contributed by atoms with van der Waals surface area (Å²) in [6.45, 7) is 2.51. The molecule has 126 valence electrons. The van der Waals surface area contributed by atoms with Crippen LogP contribution in [0.15, 0.2) is 30.6 Å². The predicted octanol–water partition coefficient (Wildman–Crippen LogP) is 0.648. The van der Waals surface area contributed by atoms with Gasteiger partial charge in [-0.15, -0.1) is 0 Å². The van der Waals surface area contributed by atoms with Crippen LogP contribution in [-0.4, -0.2) is 58.0 Å². The van der Waals surface area contributed by atoms with Gasteiger partial charge < -0.3 is 14.9 Å². The second-order valence-corrected chi connectivity index (χ2v) is 6.70. The van der Waals surface area contributed by atoms with Gasteiger partial charge in [-0.25, -0.2) is 9.97 Å². The topological polar surface area (TPSA) is 86.6 Å². The Kier molecular flexibility index (Phi) is 3.70. The number of nitrogens with zero attached hydrogens (tertiary/aromatic N) is 4. The lowest BCUT2D eigenvalue weighted by molar-refractivity contribution is -0.151. The van der Waals surface area contributed by atoms with Gasteiger partial charge in [0.2, 0.25) is 11.9 Å². The number of aromatic nitrogens is 2. The van der Waals surface area contributed by atoms with E-state index in [0.717, 1.165) is 6.42 Å². The van der Waals surface area contributed by atoms with E-state index in [1.807, 2.05) is 17.1 Å². The summed E-state index contributed by atoms with van der Waals surface area (Å²) in [5.74, 6) is -1.05. The third-order valence-electron chi connectivity index (χ3n) is 5.46. The van der Waals surface area contributed by atoms with Gasteiger partial charge >= 0.3 is 5.97 Å². The molecule has 7 heteroatoms. The number of allylic oxidation sites excluding steroid dienone is 2. The number of aliphatic carboxylic acids is 1. The molecule has 1 saturated heterocycles. The fourth-order valence-electron chi connectivity index (χ4n) is 4.29. The van der Waals surface area contributed by atoms with Crippen LogP contribution in [0.2, 0.25) is 0 Å². The first-order valence-electron chi connectivity index (χ1n) is 8.37. The van der Waals surface area contributed by atoms with Crippen LogP contribution in [0.25, 0.3) is 0 Å². The summed E-state index contributed by atoms with van der Waals surface area (Å²) in [7, 11) is 0. The number of anilines is 1. The Morgan fingerprint density at radius 1 is 1.00 bits per heavy atom. The molecule has 2 fully saturated rings. The third kappa shape index (κ3) is 2.44. The Morgan fingerprint density at radius 2 is 1.62 bits per heavy atom. The van der Waals surface area contributed by atoms with Crippen molar-refractivity contribution in [3.8, 4) is 0 Å². The minimum Gasteiger partial charge on any atom is -0.481 e. The Hall–Kier alpha value is -2.44. The molecule has 3 aliphatic rings. The van der Waals surface area contributed by atoms with Gasteiger partial charge in [-0.05, 0) is 24.3 Å². The van der Waals surface area contributed by atoms with Gasteiger partial charge in [0.25, 0.3) is 0 Å². The summed E-state index contributed by atoms with van der Waals surface area (Å²) in [6.07, 6.45) is 8.21. The van der Waals surface area contributed by atoms with E-state index in [1.165, 1.54) is 0 Å². The van der Waals surface area contributed by atoms with E-state index >= 15 is 0 Å². The lowest BCUT2D eigenvalue weighted by atomic mass is 9.82. The number of fused-ring (bicyclic) bond motifs is 2. The van der Waals surface area contributed by atoms with Crippen LogP contribution >= 0.6 is 0 Å². The largest absolute Gasteiger partial charge is 0.481 e. The van der Waals surface area contributed by atoms with Gasteiger partial charge in [-0.1, -0.05) is 12.2 Å². The number of carboxylic acid groups (broad SMARTS) is 1. The van der Waals surface area contributed by atoms with E-state index in [9.17, 15) is 14.7 Å². The summed E-state index contributed by atoms with van der Waals surface area (Å²) in [6, 6.07) is 1.78. The summed E-state index contributed by atoms with van der Waals surface area (Å²) in [4.78, 5) is 36.9. The van der Waals surface area contributed by atoms with E-state index < -0.39 is 17.8 Å². The Balaban J connectivity index is 1.43. The molecule has 24 heavy (non-hydrogen) atoms. The van der Waals surface area contributed by atoms with E-state index in [4.69, 9.17) is 0 Å². The minimum atomic E-state index is -0.846. The Labute approximate surface area is 140 Å². The molecule has 1 aromatic heterocycles. The van der Waals surface area contributed by atoms with Crippen molar-refractivity contribution in [1.82, 2.24) is 14.9 Å². The highest BCUT2D eigenvalue weighted by atomic mass is 16.4. The zero-order valence-corrected chi connectivity index (χ0v) is 13.3. The summed E-state index contributed by atoms with van der Waals surface area (Å²) in [5, 5.41) is 9.51. The first kappa shape index (κ1) is 15.1. The summed E-state index contributed by atoms with van der Waals surface area (Å²) in [5.41, 5.74) is 0. The van der Waals surface area contributed by atoms with Crippen molar-refractivity contribution in [3.05, 3.63) is 30.6 Å². The van der Waals surface area contributed by atoms with E-state index in [2.05, 4.69) is 14.9 Å². The molecule has 1 aliphatic heterocycles. The van der Waals surface area contributed by atoms with Crippen LogP contribution in [-0.2, 0) is 9.59 Å². The number of carboxylic acids is 1. The molecule has 2 bridgehead atoms. The van der Waals surface area contributed by atoms with Crippen molar-refractivity contribution in [2.45, 2.75) is 6.42 Å². The van der Waals surface area contributed by atoms with Gasteiger partial charge in [-0.3, -0.25) is 9.59 Å². The Bertz CT molecular complexity index is 670. The number of piperazine rings is 1. The maximum atomic E-state index is 12.9. The van der Waals surface area contributed by atoms with Crippen LogP contribution in [0.3, 0.4) is 0 Å². The molecule has 0 radical (unpaired) electrons. The molecule has 4 atom stereocenters. The smallest absolute Gasteiger partial charge is 0.307 e. The first-order valence-corrected chi connectivity index (χ1v) is 8.37. The Morgan fingerprint density at radius 3 is 2.25 bits per heavy atom. The molecule has 0 spiro atoms. The van der Waals surface area contributed by atoms with Crippen molar-refractivity contribution in [3.63, 3.8) is 0 Å². The van der Waals surface area contributed by atoms with Gasteiger partial charge in [0, 0.05) is 38.6 Å². The second-order valence-electron chi connectivity index (χ2n) is 6.70. The third-order valence-corrected chi connectivity index (χ3v) is 5.46. The molecular formula is C17H20N4O3. The quantitative estimate of drug-likeness (QED) is 0.820. The minimum absolute atomic E-state index is 0.00659. The van der Waals surface area contributed by atoms with Crippen molar-refractivity contribution in [2.24, 2.45) is 23.7 Å². The monoisotopic (exact) mass is 328 g/mol. The molecule has 0 aromatic carbocycles. The van der Waals surface area contributed by atoms with E-state index in [1.54, 1.807) is 18.5 Å². The standard InChI is InChI=1S/C17H20N4O3/c22-15(13-11-2-3-12(10-11)14(13)16(23)24)20-6-8-21(9-7-20)17-18-4-1-5-19-17/h1-5,11-14H,6-10H2,(H,23,24)/t11-,12-,13+,14-/m0/s1. The molecule has 1 saturated carbocycles. The zero-order chi connectivity index (χ0) is 16.7. The van der Waals surface area contributed by atoms with Crippen LogP contribution in [0, 0.1) is 23.7 Å². The molecular weight excluding hydrogens is 308 g/mol. The van der Waals surface area contributed by atoms with Crippen LogP contribution in [0.1, 0.15) is 6.42 Å². The fourth-order valence-corrected chi connectivity index (χ4v) is 4.29. The summed E-state index contributed by atoms with van der Waals surface area (Å²) < 4.78 is 0.